The van der Waals surface area contributed by atoms with Gasteiger partial charge in [0.25, 0.3) is 0 Å². The van der Waals surface area contributed by atoms with E-state index in [1.165, 1.54) is 0 Å². The van der Waals surface area contributed by atoms with Crippen molar-refractivity contribution in [1.82, 2.24) is 4.57 Å². The van der Waals surface area contributed by atoms with Crippen LogP contribution in [0, 0.1) is 0 Å². The van der Waals surface area contributed by atoms with Crippen molar-refractivity contribution < 1.29 is 14.2 Å². The Labute approximate surface area is 165 Å². The van der Waals surface area contributed by atoms with Gasteiger partial charge in [-0.1, -0.05) is 25.1 Å². The SMILES string of the molecule is CC[C@@H]1N=C(COc2ccccc2)c2cccn2-c2cc(OC)c(OC)cc21. The number of para-hydroxylation sites is 1. The van der Waals surface area contributed by atoms with Crippen molar-refractivity contribution in [1.29, 1.82) is 0 Å². The lowest BCUT2D eigenvalue weighted by atomic mass is 10.0. The molecule has 0 fully saturated rings. The molecule has 144 valence electrons. The number of hydrogen-bond donors (Lipinski definition) is 0. The third-order valence-electron chi connectivity index (χ3n) is 5.01. The van der Waals surface area contributed by atoms with Gasteiger partial charge >= 0.3 is 0 Å². The number of ether oxygens (including phenoxy) is 3. The number of methoxy groups -OCH3 is 2. The summed E-state index contributed by atoms with van der Waals surface area (Å²) in [5, 5.41) is 0. The molecule has 0 saturated heterocycles. The summed E-state index contributed by atoms with van der Waals surface area (Å²) in [6.45, 7) is 2.55. The zero-order chi connectivity index (χ0) is 19.5. The zero-order valence-corrected chi connectivity index (χ0v) is 16.4. The molecule has 1 aromatic heterocycles. The number of nitrogens with zero attached hydrogens (tertiary/aromatic N) is 2. The predicted molar refractivity (Wildman–Crippen MR) is 110 cm³/mol. The third kappa shape index (κ3) is 3.24. The zero-order valence-electron chi connectivity index (χ0n) is 16.4. The summed E-state index contributed by atoms with van der Waals surface area (Å²) in [6, 6.07) is 18.0. The van der Waals surface area contributed by atoms with Crippen LogP contribution in [0.1, 0.15) is 30.6 Å². The highest BCUT2D eigenvalue weighted by atomic mass is 16.5. The minimum absolute atomic E-state index is 0.0177. The van der Waals surface area contributed by atoms with Gasteiger partial charge in [-0.15, -0.1) is 0 Å². The smallest absolute Gasteiger partial charge is 0.162 e. The van der Waals surface area contributed by atoms with Crippen molar-refractivity contribution in [2.75, 3.05) is 20.8 Å². The standard InChI is InChI=1S/C23H24N2O3/c1-4-18-17-13-22(26-2)23(27-3)14-21(17)25-12-8-11-20(25)19(24-18)15-28-16-9-6-5-7-10-16/h5-14,18H,4,15H2,1-3H3/t18-/m0/s1. The van der Waals surface area contributed by atoms with Crippen LogP contribution in [0.15, 0.2) is 65.8 Å². The second-order valence-corrected chi connectivity index (χ2v) is 6.63. The van der Waals surface area contributed by atoms with Gasteiger partial charge in [-0.2, -0.15) is 0 Å². The molecule has 0 spiro atoms. The first-order chi connectivity index (χ1) is 13.7. The van der Waals surface area contributed by atoms with E-state index in [0.29, 0.717) is 18.1 Å². The number of aliphatic imine (C=N–C) groups is 1. The molecule has 4 rings (SSSR count). The fraction of sp³-hybridized carbons (Fsp3) is 0.261. The molecule has 5 nitrogen and oxygen atoms in total. The van der Waals surface area contributed by atoms with Gasteiger partial charge in [-0.25, -0.2) is 0 Å². The van der Waals surface area contributed by atoms with Crippen molar-refractivity contribution in [3.8, 4) is 22.9 Å². The summed E-state index contributed by atoms with van der Waals surface area (Å²) in [5.41, 5.74) is 4.13. The Bertz CT molecular complexity index is 992. The van der Waals surface area contributed by atoms with Crippen LogP contribution in [0.25, 0.3) is 5.69 Å². The van der Waals surface area contributed by atoms with Crippen molar-refractivity contribution in [3.05, 3.63) is 72.1 Å². The molecule has 3 aromatic rings. The Morgan fingerprint density at radius 3 is 2.43 bits per heavy atom. The van der Waals surface area contributed by atoms with Crippen LogP contribution in [0.4, 0.5) is 0 Å². The quantitative estimate of drug-likeness (QED) is 0.619. The number of aromatic nitrogens is 1. The number of benzene rings is 2. The number of fused-ring (bicyclic) bond motifs is 3. The lowest BCUT2D eigenvalue weighted by Crippen LogP contribution is -2.16. The van der Waals surface area contributed by atoms with E-state index in [1.807, 2.05) is 48.5 Å². The molecular weight excluding hydrogens is 352 g/mol. The normalized spacial score (nSPS) is 15.1. The summed E-state index contributed by atoms with van der Waals surface area (Å²) in [4.78, 5) is 5.07. The van der Waals surface area contributed by atoms with Crippen LogP contribution in [0.5, 0.6) is 17.2 Å². The number of hydrogen-bond acceptors (Lipinski definition) is 4. The van der Waals surface area contributed by atoms with Crippen molar-refractivity contribution in [3.63, 3.8) is 0 Å². The second kappa shape index (κ2) is 7.80. The van der Waals surface area contributed by atoms with Gasteiger partial charge in [0.1, 0.15) is 12.4 Å². The van der Waals surface area contributed by atoms with Crippen LogP contribution in [0.2, 0.25) is 0 Å². The molecule has 0 radical (unpaired) electrons. The second-order valence-electron chi connectivity index (χ2n) is 6.63. The van der Waals surface area contributed by atoms with E-state index in [-0.39, 0.29) is 6.04 Å². The molecular formula is C23H24N2O3. The van der Waals surface area contributed by atoms with Crippen LogP contribution in [0.3, 0.4) is 0 Å². The summed E-state index contributed by atoms with van der Waals surface area (Å²) in [5.74, 6) is 2.26. The summed E-state index contributed by atoms with van der Waals surface area (Å²) >= 11 is 0. The maximum atomic E-state index is 6.02. The first-order valence-corrected chi connectivity index (χ1v) is 9.43. The van der Waals surface area contributed by atoms with E-state index in [4.69, 9.17) is 19.2 Å². The average Bonchev–Trinajstić information content (AvgIpc) is 3.19. The Kier molecular flexibility index (Phi) is 5.06. The van der Waals surface area contributed by atoms with Crippen molar-refractivity contribution in [2.45, 2.75) is 19.4 Å². The predicted octanol–water partition coefficient (Wildman–Crippen LogP) is 4.83. The molecule has 0 amide bonds. The maximum Gasteiger partial charge on any atom is 0.162 e. The monoisotopic (exact) mass is 376 g/mol. The molecule has 0 saturated carbocycles. The Balaban J connectivity index is 1.79. The highest BCUT2D eigenvalue weighted by Gasteiger charge is 2.25. The van der Waals surface area contributed by atoms with Gasteiger partial charge in [0.05, 0.1) is 37.4 Å². The highest BCUT2D eigenvalue weighted by Crippen LogP contribution is 2.39. The Hall–Kier alpha value is -3.21. The first-order valence-electron chi connectivity index (χ1n) is 9.43. The Morgan fingerprint density at radius 1 is 0.964 bits per heavy atom. The minimum Gasteiger partial charge on any atom is -0.493 e. The van der Waals surface area contributed by atoms with Gasteiger partial charge in [0, 0.05) is 17.8 Å². The lowest BCUT2D eigenvalue weighted by Gasteiger charge is -2.18. The molecule has 1 aliphatic rings. The molecule has 0 unspecified atom stereocenters. The summed E-state index contributed by atoms with van der Waals surface area (Å²) in [6.07, 6.45) is 2.93. The van der Waals surface area contributed by atoms with E-state index in [2.05, 4.69) is 23.8 Å². The molecule has 0 aliphatic carbocycles. The molecule has 2 aromatic carbocycles. The van der Waals surface area contributed by atoms with Crippen molar-refractivity contribution >= 4 is 5.71 Å². The van der Waals surface area contributed by atoms with Crippen LogP contribution in [-0.2, 0) is 0 Å². The lowest BCUT2D eigenvalue weighted by molar-refractivity contribution is 0.354. The molecule has 28 heavy (non-hydrogen) atoms. The average molecular weight is 376 g/mol. The molecule has 0 bridgehead atoms. The third-order valence-corrected chi connectivity index (χ3v) is 5.01. The van der Waals surface area contributed by atoms with Crippen molar-refractivity contribution in [2.24, 2.45) is 4.99 Å². The van der Waals surface area contributed by atoms with E-state index < -0.39 is 0 Å². The molecule has 2 heterocycles. The molecule has 1 atom stereocenters. The fourth-order valence-corrected chi connectivity index (χ4v) is 3.60. The fourth-order valence-electron chi connectivity index (χ4n) is 3.60. The van der Waals surface area contributed by atoms with E-state index in [1.54, 1.807) is 14.2 Å². The minimum atomic E-state index is 0.0177. The van der Waals surface area contributed by atoms with Gasteiger partial charge < -0.3 is 18.8 Å². The van der Waals surface area contributed by atoms with Crippen LogP contribution < -0.4 is 14.2 Å². The van der Waals surface area contributed by atoms with Gasteiger partial charge in [-0.05, 0) is 36.8 Å². The van der Waals surface area contributed by atoms with E-state index in [0.717, 1.165) is 34.8 Å². The van der Waals surface area contributed by atoms with Crippen LogP contribution >= 0.6 is 0 Å². The highest BCUT2D eigenvalue weighted by molar-refractivity contribution is 6.01. The largest absolute Gasteiger partial charge is 0.493 e. The van der Waals surface area contributed by atoms with Gasteiger partial charge in [0.15, 0.2) is 11.5 Å². The molecule has 0 N–H and O–H groups in total. The Morgan fingerprint density at radius 2 is 1.71 bits per heavy atom. The summed E-state index contributed by atoms with van der Waals surface area (Å²) in [7, 11) is 3.32. The maximum absolute atomic E-state index is 6.02. The first kappa shape index (κ1) is 18.2. The van der Waals surface area contributed by atoms with E-state index in [9.17, 15) is 0 Å². The van der Waals surface area contributed by atoms with Gasteiger partial charge in [-0.3, -0.25) is 4.99 Å². The summed E-state index contributed by atoms with van der Waals surface area (Å²) < 4.78 is 19.2. The molecule has 5 heteroatoms. The van der Waals surface area contributed by atoms with E-state index >= 15 is 0 Å². The van der Waals surface area contributed by atoms with Gasteiger partial charge in [0.2, 0.25) is 0 Å². The topological polar surface area (TPSA) is 45.0 Å². The van der Waals surface area contributed by atoms with Crippen LogP contribution in [-0.4, -0.2) is 31.1 Å². The number of rotatable bonds is 6. The molecule has 1 aliphatic heterocycles.